The van der Waals surface area contributed by atoms with E-state index in [1.807, 2.05) is 0 Å². The number of hydrogen-bond acceptors (Lipinski definition) is 2. The van der Waals surface area contributed by atoms with E-state index in [2.05, 4.69) is 36.3 Å². The second-order valence-corrected chi connectivity index (χ2v) is 2.52. The topological polar surface area (TPSA) is 6.48 Å². The van der Waals surface area contributed by atoms with Gasteiger partial charge in [0.25, 0.3) is 0 Å². The molecule has 0 aromatic carbocycles. The smallest absolute Gasteiger partial charge is 0.0314 e. The molecule has 0 saturated heterocycles. The van der Waals surface area contributed by atoms with Crippen LogP contribution in [0.3, 0.4) is 0 Å². The van der Waals surface area contributed by atoms with Crippen LogP contribution in [-0.2, 0) is 0 Å². The molecule has 2 nitrogen and oxygen atoms in total. The molecule has 2 heteroatoms. The van der Waals surface area contributed by atoms with E-state index in [0.29, 0.717) is 0 Å². The Labute approximate surface area is 56.7 Å². The molecule has 0 aliphatic carbocycles. The zero-order valence-electron chi connectivity index (χ0n) is 6.17. The van der Waals surface area contributed by atoms with Crippen molar-refractivity contribution in [3.8, 4) is 0 Å². The molecular formula is C7H14N2. The zero-order valence-corrected chi connectivity index (χ0v) is 6.17. The molecule has 0 amide bonds. The van der Waals surface area contributed by atoms with Crippen LogP contribution in [0.5, 0.6) is 0 Å². The molecule has 0 spiro atoms. The number of hydrazine groups is 1. The molecular weight excluding hydrogens is 112 g/mol. The minimum atomic E-state index is 1.08. The van der Waals surface area contributed by atoms with Crippen molar-refractivity contribution in [1.29, 1.82) is 0 Å². The van der Waals surface area contributed by atoms with E-state index >= 15 is 0 Å². The molecule has 0 N–H and O–H groups in total. The molecule has 0 atom stereocenters. The van der Waals surface area contributed by atoms with E-state index in [0.717, 1.165) is 6.54 Å². The Kier molecular flexibility index (Phi) is 2.25. The highest BCUT2D eigenvalue weighted by atomic mass is 15.6. The predicted octanol–water partition coefficient (Wildman–Crippen LogP) is 0.725. The van der Waals surface area contributed by atoms with E-state index in [1.54, 1.807) is 0 Å². The average molecular weight is 126 g/mol. The third-order valence-corrected chi connectivity index (χ3v) is 1.60. The van der Waals surface area contributed by atoms with Crippen LogP contribution in [0.15, 0.2) is 12.2 Å². The Morgan fingerprint density at radius 1 is 1.33 bits per heavy atom. The van der Waals surface area contributed by atoms with Crippen molar-refractivity contribution in [1.82, 2.24) is 10.0 Å². The van der Waals surface area contributed by atoms with Gasteiger partial charge in [-0.1, -0.05) is 12.2 Å². The second-order valence-electron chi connectivity index (χ2n) is 2.52. The van der Waals surface area contributed by atoms with E-state index in [-0.39, 0.29) is 0 Å². The summed E-state index contributed by atoms with van der Waals surface area (Å²) < 4.78 is 0. The Morgan fingerprint density at radius 3 is 2.44 bits per heavy atom. The van der Waals surface area contributed by atoms with Crippen LogP contribution < -0.4 is 0 Å². The molecule has 1 rings (SSSR count). The van der Waals surface area contributed by atoms with Gasteiger partial charge in [-0.15, -0.1) is 0 Å². The highest BCUT2D eigenvalue weighted by Gasteiger charge is 2.05. The lowest BCUT2D eigenvalue weighted by atomic mass is 10.3. The van der Waals surface area contributed by atoms with Crippen LogP contribution in [0.2, 0.25) is 0 Å². The third kappa shape index (κ3) is 1.80. The van der Waals surface area contributed by atoms with Crippen molar-refractivity contribution in [2.45, 2.75) is 6.42 Å². The van der Waals surface area contributed by atoms with Crippen molar-refractivity contribution < 1.29 is 0 Å². The number of rotatable bonds is 1. The van der Waals surface area contributed by atoms with Gasteiger partial charge in [-0.2, -0.15) is 0 Å². The quantitative estimate of drug-likeness (QED) is 0.478. The van der Waals surface area contributed by atoms with Gasteiger partial charge in [0, 0.05) is 27.2 Å². The van der Waals surface area contributed by atoms with E-state index in [9.17, 15) is 0 Å². The normalized spacial score (nSPS) is 21.2. The maximum atomic E-state index is 2.31. The summed E-state index contributed by atoms with van der Waals surface area (Å²) in [5.41, 5.74) is 0. The minimum Gasteiger partial charge on any atom is -0.248 e. The van der Waals surface area contributed by atoms with Gasteiger partial charge >= 0.3 is 0 Å². The van der Waals surface area contributed by atoms with Crippen LogP contribution in [0.4, 0.5) is 0 Å². The van der Waals surface area contributed by atoms with Crippen molar-refractivity contribution >= 4 is 0 Å². The SMILES string of the molecule is CN(C)N1CC=CCC1. The van der Waals surface area contributed by atoms with Gasteiger partial charge in [0.2, 0.25) is 0 Å². The summed E-state index contributed by atoms with van der Waals surface area (Å²) >= 11 is 0. The third-order valence-electron chi connectivity index (χ3n) is 1.60. The average Bonchev–Trinajstić information content (AvgIpc) is 1.90. The van der Waals surface area contributed by atoms with Crippen LogP contribution in [0.1, 0.15) is 6.42 Å². The lowest BCUT2D eigenvalue weighted by Crippen LogP contribution is -2.38. The van der Waals surface area contributed by atoms with Gasteiger partial charge in [-0.3, -0.25) is 0 Å². The van der Waals surface area contributed by atoms with Gasteiger partial charge in [-0.05, 0) is 6.42 Å². The first-order valence-electron chi connectivity index (χ1n) is 3.38. The second kappa shape index (κ2) is 2.99. The largest absolute Gasteiger partial charge is 0.248 e. The molecule has 0 saturated carbocycles. The molecule has 9 heavy (non-hydrogen) atoms. The molecule has 0 radical (unpaired) electrons. The lowest BCUT2D eigenvalue weighted by Gasteiger charge is -2.29. The zero-order chi connectivity index (χ0) is 6.69. The summed E-state index contributed by atoms with van der Waals surface area (Å²) in [6.45, 7) is 2.25. The van der Waals surface area contributed by atoms with Gasteiger partial charge in [0.1, 0.15) is 0 Å². The Hall–Kier alpha value is -0.340. The Bertz CT molecular complexity index is 107. The minimum absolute atomic E-state index is 1.08. The van der Waals surface area contributed by atoms with Crippen LogP contribution in [0.25, 0.3) is 0 Å². The maximum absolute atomic E-state index is 2.31. The first kappa shape index (κ1) is 6.78. The monoisotopic (exact) mass is 126 g/mol. The fourth-order valence-corrected chi connectivity index (χ4v) is 0.992. The molecule has 1 heterocycles. The Morgan fingerprint density at radius 2 is 2.11 bits per heavy atom. The highest BCUT2D eigenvalue weighted by Crippen LogP contribution is 2.00. The van der Waals surface area contributed by atoms with Gasteiger partial charge in [0.15, 0.2) is 0 Å². The van der Waals surface area contributed by atoms with Gasteiger partial charge in [0.05, 0.1) is 0 Å². The first-order valence-corrected chi connectivity index (χ1v) is 3.38. The summed E-state index contributed by atoms with van der Waals surface area (Å²) in [4.78, 5) is 0. The molecule has 52 valence electrons. The van der Waals surface area contributed by atoms with Gasteiger partial charge < -0.3 is 0 Å². The predicted molar refractivity (Wildman–Crippen MR) is 39.0 cm³/mol. The van der Waals surface area contributed by atoms with Crippen molar-refractivity contribution in [2.75, 3.05) is 27.2 Å². The highest BCUT2D eigenvalue weighted by molar-refractivity contribution is 4.89. The fourth-order valence-electron chi connectivity index (χ4n) is 0.992. The molecule has 0 aromatic heterocycles. The van der Waals surface area contributed by atoms with Crippen molar-refractivity contribution in [2.24, 2.45) is 0 Å². The van der Waals surface area contributed by atoms with E-state index in [4.69, 9.17) is 0 Å². The summed E-state index contributed by atoms with van der Waals surface area (Å²) in [5, 5.41) is 4.45. The molecule has 0 unspecified atom stereocenters. The van der Waals surface area contributed by atoms with E-state index in [1.165, 1.54) is 13.0 Å². The van der Waals surface area contributed by atoms with Crippen LogP contribution in [0, 0.1) is 0 Å². The first-order chi connectivity index (χ1) is 4.30. The standard InChI is InChI=1S/C7H14N2/c1-8(2)9-6-4-3-5-7-9/h3-4H,5-7H2,1-2H3. The molecule has 0 aromatic rings. The summed E-state index contributed by atoms with van der Waals surface area (Å²) in [5.74, 6) is 0. The number of hydrogen-bond donors (Lipinski definition) is 0. The molecule has 1 aliphatic heterocycles. The Balaban J connectivity index is 2.35. The summed E-state index contributed by atoms with van der Waals surface area (Å²) in [6, 6.07) is 0. The van der Waals surface area contributed by atoms with Crippen molar-refractivity contribution in [3.05, 3.63) is 12.2 Å². The van der Waals surface area contributed by atoms with E-state index < -0.39 is 0 Å². The maximum Gasteiger partial charge on any atom is 0.0314 e. The summed E-state index contributed by atoms with van der Waals surface area (Å²) in [6.07, 6.45) is 5.64. The van der Waals surface area contributed by atoms with Crippen molar-refractivity contribution in [3.63, 3.8) is 0 Å². The number of nitrogens with zero attached hydrogens (tertiary/aromatic N) is 2. The van der Waals surface area contributed by atoms with Crippen LogP contribution in [-0.4, -0.2) is 37.2 Å². The lowest BCUT2D eigenvalue weighted by molar-refractivity contribution is 0.0362. The van der Waals surface area contributed by atoms with Gasteiger partial charge in [-0.25, -0.2) is 10.0 Å². The summed E-state index contributed by atoms with van der Waals surface area (Å²) in [7, 11) is 4.16. The molecule has 0 fully saturated rings. The molecule has 0 bridgehead atoms. The van der Waals surface area contributed by atoms with Crippen LogP contribution >= 0.6 is 0 Å². The fraction of sp³-hybridized carbons (Fsp3) is 0.714. The molecule has 1 aliphatic rings.